The Morgan fingerprint density at radius 2 is 1.50 bits per heavy atom. The molecule has 2 rings (SSSR count). The van der Waals surface area contributed by atoms with E-state index >= 15 is 0 Å². The van der Waals surface area contributed by atoms with E-state index in [-0.39, 0.29) is 0 Å². The van der Waals surface area contributed by atoms with Gasteiger partial charge in [-0.15, -0.1) is 0 Å². The highest BCUT2D eigenvalue weighted by Gasteiger charge is 2.49. The van der Waals surface area contributed by atoms with Crippen LogP contribution in [0.5, 0.6) is 0 Å². The van der Waals surface area contributed by atoms with Crippen LogP contribution in [0.1, 0.15) is 53.4 Å². The number of nitrogens with zero attached hydrogens (tertiary/aromatic N) is 1. The van der Waals surface area contributed by atoms with Gasteiger partial charge < -0.3 is 4.90 Å². The van der Waals surface area contributed by atoms with Crippen molar-refractivity contribution in [3.8, 4) is 0 Å². The van der Waals surface area contributed by atoms with Crippen LogP contribution in [0.4, 0.5) is 0 Å². The monoisotopic (exact) mass is 195 g/mol. The Morgan fingerprint density at radius 1 is 1.00 bits per heavy atom. The van der Waals surface area contributed by atoms with Gasteiger partial charge >= 0.3 is 0 Å². The van der Waals surface area contributed by atoms with Crippen molar-refractivity contribution in [1.29, 1.82) is 0 Å². The van der Waals surface area contributed by atoms with Crippen molar-refractivity contribution in [3.63, 3.8) is 0 Å². The van der Waals surface area contributed by atoms with Crippen LogP contribution >= 0.6 is 0 Å². The van der Waals surface area contributed by atoms with E-state index in [0.29, 0.717) is 5.41 Å². The van der Waals surface area contributed by atoms with Gasteiger partial charge in [0.2, 0.25) is 0 Å². The number of hydrogen-bond acceptors (Lipinski definition) is 1. The van der Waals surface area contributed by atoms with Crippen molar-refractivity contribution in [3.05, 3.63) is 0 Å². The third-order valence-electron chi connectivity index (χ3n) is 4.30. The summed E-state index contributed by atoms with van der Waals surface area (Å²) in [5, 5.41) is 0. The molecule has 0 amide bonds. The summed E-state index contributed by atoms with van der Waals surface area (Å²) in [7, 11) is 0. The molecule has 82 valence electrons. The molecule has 1 nitrogen and oxygen atoms in total. The molecule has 0 bridgehead atoms. The van der Waals surface area contributed by atoms with Crippen LogP contribution in [0.2, 0.25) is 0 Å². The first-order chi connectivity index (χ1) is 6.43. The molecule has 0 unspecified atom stereocenters. The van der Waals surface area contributed by atoms with Gasteiger partial charge in [-0.1, -0.05) is 13.8 Å². The lowest BCUT2D eigenvalue weighted by molar-refractivity contribution is -0.0645. The second-order valence-electron chi connectivity index (χ2n) is 6.65. The van der Waals surface area contributed by atoms with E-state index < -0.39 is 0 Å². The minimum atomic E-state index is 0.653. The number of likely N-dealkylation sites (tertiary alicyclic amines) is 1. The van der Waals surface area contributed by atoms with E-state index in [2.05, 4.69) is 32.6 Å². The summed E-state index contributed by atoms with van der Waals surface area (Å²) in [5.74, 6) is 0. The lowest BCUT2D eigenvalue weighted by atomic mass is 9.51. The largest absolute Gasteiger partial charge is 0.301 e. The zero-order valence-corrected chi connectivity index (χ0v) is 10.3. The quantitative estimate of drug-likeness (QED) is 0.620. The Morgan fingerprint density at radius 3 is 1.86 bits per heavy atom. The van der Waals surface area contributed by atoms with Crippen molar-refractivity contribution in [2.24, 2.45) is 10.8 Å². The fourth-order valence-electron chi connectivity index (χ4n) is 3.85. The summed E-state index contributed by atoms with van der Waals surface area (Å²) in [5.41, 5.74) is 1.41. The molecular formula is C13H25N. The second-order valence-corrected chi connectivity index (χ2v) is 6.65. The number of hydrogen-bond donors (Lipinski definition) is 0. The summed E-state index contributed by atoms with van der Waals surface area (Å²) in [4.78, 5) is 2.64. The van der Waals surface area contributed by atoms with Gasteiger partial charge in [0.1, 0.15) is 0 Å². The molecule has 0 N–H and O–H groups in total. The average Bonchev–Trinajstić information content (AvgIpc) is 2.01. The van der Waals surface area contributed by atoms with Crippen molar-refractivity contribution in [2.45, 2.75) is 59.4 Å². The molecule has 1 aliphatic carbocycles. The molecule has 0 aromatic rings. The maximum Gasteiger partial charge on any atom is 0.00385 e. The molecule has 0 aromatic heterocycles. The smallest absolute Gasteiger partial charge is 0.00385 e. The van der Waals surface area contributed by atoms with Crippen LogP contribution in [-0.2, 0) is 0 Å². The lowest BCUT2D eigenvalue weighted by Gasteiger charge is -2.57. The van der Waals surface area contributed by atoms with Gasteiger partial charge in [-0.05, 0) is 63.5 Å². The van der Waals surface area contributed by atoms with E-state index in [9.17, 15) is 0 Å². The van der Waals surface area contributed by atoms with Crippen molar-refractivity contribution in [2.75, 3.05) is 13.1 Å². The normalized spacial score (nSPS) is 30.6. The summed E-state index contributed by atoms with van der Waals surface area (Å²) in [6.45, 7) is 12.2. The van der Waals surface area contributed by atoms with E-state index in [4.69, 9.17) is 0 Å². The van der Waals surface area contributed by atoms with E-state index in [0.717, 1.165) is 11.5 Å². The van der Waals surface area contributed by atoms with Crippen LogP contribution in [0.3, 0.4) is 0 Å². The molecule has 1 aliphatic heterocycles. The molecule has 14 heavy (non-hydrogen) atoms. The highest BCUT2D eigenvalue weighted by Crippen LogP contribution is 2.59. The lowest BCUT2D eigenvalue weighted by Crippen LogP contribution is -2.51. The van der Waals surface area contributed by atoms with Gasteiger partial charge in [-0.2, -0.15) is 0 Å². The second kappa shape index (κ2) is 3.23. The molecule has 1 heterocycles. The number of piperidine rings is 1. The third-order valence-corrected chi connectivity index (χ3v) is 4.30. The van der Waals surface area contributed by atoms with E-state index in [1.807, 2.05) is 0 Å². The zero-order chi connectivity index (χ0) is 10.4. The van der Waals surface area contributed by atoms with Gasteiger partial charge in [0, 0.05) is 6.04 Å². The molecule has 0 aromatic carbocycles. The average molecular weight is 195 g/mol. The minimum Gasteiger partial charge on any atom is -0.301 e. The van der Waals surface area contributed by atoms with E-state index in [1.54, 1.807) is 0 Å². The number of rotatable bonds is 1. The molecule has 0 radical (unpaired) electrons. The summed E-state index contributed by atoms with van der Waals surface area (Å²) in [6, 6.07) is 0.750. The predicted molar refractivity (Wildman–Crippen MR) is 61.4 cm³/mol. The standard InChI is InChI=1S/C13H25N/c1-11(2)14-7-5-13(6-8-14)9-12(3,4)10-13/h11H,5-10H2,1-4H3. The first-order valence-electron chi connectivity index (χ1n) is 6.17. The molecule has 1 heteroatoms. The van der Waals surface area contributed by atoms with Crippen LogP contribution < -0.4 is 0 Å². The van der Waals surface area contributed by atoms with Crippen molar-refractivity contribution < 1.29 is 0 Å². The third kappa shape index (κ3) is 1.84. The first-order valence-corrected chi connectivity index (χ1v) is 6.17. The molecule has 1 spiro atoms. The first kappa shape index (κ1) is 10.5. The van der Waals surface area contributed by atoms with Crippen molar-refractivity contribution in [1.82, 2.24) is 4.90 Å². The fourth-order valence-corrected chi connectivity index (χ4v) is 3.85. The van der Waals surface area contributed by atoms with Crippen molar-refractivity contribution >= 4 is 0 Å². The fraction of sp³-hybridized carbons (Fsp3) is 1.00. The van der Waals surface area contributed by atoms with Crippen LogP contribution in [-0.4, -0.2) is 24.0 Å². The van der Waals surface area contributed by atoms with Gasteiger partial charge in [0.15, 0.2) is 0 Å². The van der Waals surface area contributed by atoms with Gasteiger partial charge in [0.25, 0.3) is 0 Å². The Hall–Kier alpha value is -0.0400. The van der Waals surface area contributed by atoms with Crippen LogP contribution in [0.15, 0.2) is 0 Å². The molecule has 2 fully saturated rings. The zero-order valence-electron chi connectivity index (χ0n) is 10.3. The van der Waals surface area contributed by atoms with Crippen LogP contribution in [0.25, 0.3) is 0 Å². The van der Waals surface area contributed by atoms with Gasteiger partial charge in [-0.3, -0.25) is 0 Å². The summed E-state index contributed by atoms with van der Waals surface area (Å²) in [6.07, 6.45) is 5.86. The van der Waals surface area contributed by atoms with E-state index in [1.165, 1.54) is 38.8 Å². The highest BCUT2D eigenvalue weighted by atomic mass is 15.2. The Kier molecular flexibility index (Phi) is 2.42. The maximum absolute atomic E-state index is 2.64. The highest BCUT2D eigenvalue weighted by molar-refractivity contribution is 5.01. The molecule has 1 saturated carbocycles. The SMILES string of the molecule is CC(C)N1CCC2(CC1)CC(C)(C)C2. The molecule has 2 aliphatic rings. The molecule has 1 saturated heterocycles. The minimum absolute atomic E-state index is 0.653. The predicted octanol–water partition coefficient (Wildman–Crippen LogP) is 3.30. The summed E-state index contributed by atoms with van der Waals surface area (Å²) >= 11 is 0. The van der Waals surface area contributed by atoms with Gasteiger partial charge in [0.05, 0.1) is 0 Å². The summed E-state index contributed by atoms with van der Waals surface area (Å²) < 4.78 is 0. The Balaban J connectivity index is 1.86. The van der Waals surface area contributed by atoms with Gasteiger partial charge in [-0.25, -0.2) is 0 Å². The Bertz CT molecular complexity index is 199. The topological polar surface area (TPSA) is 3.24 Å². The Labute approximate surface area is 88.9 Å². The molecular weight excluding hydrogens is 170 g/mol. The van der Waals surface area contributed by atoms with Crippen LogP contribution in [0, 0.1) is 10.8 Å². The molecule has 0 atom stereocenters. The maximum atomic E-state index is 2.64.